The highest BCUT2D eigenvalue weighted by atomic mass is 19.1. The van der Waals surface area contributed by atoms with Crippen molar-refractivity contribution < 1.29 is 9.18 Å². The van der Waals surface area contributed by atoms with Crippen LogP contribution in [-0.4, -0.2) is 38.4 Å². The first-order chi connectivity index (χ1) is 14.5. The molecule has 30 heavy (non-hydrogen) atoms. The number of rotatable bonds is 4. The molecule has 0 aliphatic carbocycles. The van der Waals surface area contributed by atoms with Gasteiger partial charge in [-0.25, -0.2) is 18.7 Å². The number of halogens is 1. The van der Waals surface area contributed by atoms with E-state index in [0.29, 0.717) is 25.5 Å². The molecule has 0 saturated carbocycles. The predicted octanol–water partition coefficient (Wildman–Crippen LogP) is 3.18. The monoisotopic (exact) mass is 409 g/mol. The number of nitrogens with zero attached hydrogens (tertiary/aromatic N) is 4. The molecular weight excluding hydrogens is 385 g/mol. The van der Waals surface area contributed by atoms with Crippen LogP contribution >= 0.6 is 0 Å². The van der Waals surface area contributed by atoms with E-state index in [1.54, 1.807) is 28.6 Å². The summed E-state index contributed by atoms with van der Waals surface area (Å²) in [5, 5.41) is 7.11. The SMILES string of the molecule is Cn1nc(C2CCCN(C(=O)Nc3ccccc3F)C2)n(Cc2ccccc2)c1=O. The van der Waals surface area contributed by atoms with Crippen LogP contribution in [0.15, 0.2) is 59.4 Å². The van der Waals surface area contributed by atoms with Crippen molar-refractivity contribution in [3.63, 3.8) is 0 Å². The van der Waals surface area contributed by atoms with Crippen LogP contribution in [-0.2, 0) is 13.6 Å². The number of benzene rings is 2. The van der Waals surface area contributed by atoms with Gasteiger partial charge in [0, 0.05) is 26.1 Å². The van der Waals surface area contributed by atoms with E-state index in [1.165, 1.54) is 16.8 Å². The first-order valence-electron chi connectivity index (χ1n) is 10.0. The van der Waals surface area contributed by atoms with Gasteiger partial charge in [-0.3, -0.25) is 4.57 Å². The second-order valence-corrected chi connectivity index (χ2v) is 7.53. The number of hydrogen-bond acceptors (Lipinski definition) is 3. The number of nitrogens with one attached hydrogen (secondary N) is 1. The van der Waals surface area contributed by atoms with E-state index in [9.17, 15) is 14.0 Å². The number of aromatic nitrogens is 3. The van der Waals surface area contributed by atoms with Crippen molar-refractivity contribution in [2.45, 2.75) is 25.3 Å². The van der Waals surface area contributed by atoms with Gasteiger partial charge in [-0.1, -0.05) is 42.5 Å². The maximum atomic E-state index is 13.9. The zero-order valence-corrected chi connectivity index (χ0v) is 16.8. The quantitative estimate of drug-likeness (QED) is 0.719. The Bertz CT molecular complexity index is 1090. The molecule has 1 aromatic heterocycles. The molecule has 1 aliphatic rings. The molecule has 2 amide bonds. The number of anilines is 1. The van der Waals surface area contributed by atoms with E-state index < -0.39 is 5.82 Å². The fourth-order valence-corrected chi connectivity index (χ4v) is 3.87. The van der Waals surface area contributed by atoms with Crippen molar-refractivity contribution in [3.05, 3.63) is 82.3 Å². The Morgan fingerprint density at radius 1 is 1.17 bits per heavy atom. The van der Waals surface area contributed by atoms with Crippen LogP contribution in [0, 0.1) is 5.82 Å². The largest absolute Gasteiger partial charge is 0.345 e. The predicted molar refractivity (Wildman–Crippen MR) is 112 cm³/mol. The smallest absolute Gasteiger partial charge is 0.324 e. The van der Waals surface area contributed by atoms with E-state index in [2.05, 4.69) is 10.4 Å². The molecule has 1 N–H and O–H groups in total. The normalized spacial score (nSPS) is 16.5. The molecule has 1 unspecified atom stereocenters. The summed E-state index contributed by atoms with van der Waals surface area (Å²) in [6.07, 6.45) is 1.61. The van der Waals surface area contributed by atoms with Gasteiger partial charge in [-0.05, 0) is 30.5 Å². The molecule has 3 aromatic rings. The summed E-state index contributed by atoms with van der Waals surface area (Å²) in [4.78, 5) is 27.0. The molecule has 1 saturated heterocycles. The van der Waals surface area contributed by atoms with Gasteiger partial charge in [0.2, 0.25) is 0 Å². The highest BCUT2D eigenvalue weighted by Gasteiger charge is 2.29. The number of likely N-dealkylation sites (tertiary alicyclic amines) is 1. The van der Waals surface area contributed by atoms with Crippen LogP contribution in [0.5, 0.6) is 0 Å². The summed E-state index contributed by atoms with van der Waals surface area (Å²) < 4.78 is 16.9. The number of hydrogen-bond donors (Lipinski definition) is 1. The number of piperidine rings is 1. The Balaban J connectivity index is 1.53. The molecule has 1 atom stereocenters. The summed E-state index contributed by atoms with van der Waals surface area (Å²) in [6.45, 7) is 1.43. The molecule has 2 heterocycles. The van der Waals surface area contributed by atoms with Gasteiger partial charge in [0.25, 0.3) is 0 Å². The lowest BCUT2D eigenvalue weighted by Gasteiger charge is -2.32. The molecule has 4 rings (SSSR count). The number of aryl methyl sites for hydroxylation is 1. The molecule has 7 nitrogen and oxygen atoms in total. The minimum atomic E-state index is -0.471. The molecule has 2 aromatic carbocycles. The third-order valence-electron chi connectivity index (χ3n) is 5.41. The van der Waals surface area contributed by atoms with Crippen molar-refractivity contribution in [2.75, 3.05) is 18.4 Å². The minimum absolute atomic E-state index is 0.0669. The van der Waals surface area contributed by atoms with Crippen LogP contribution in [0.1, 0.15) is 30.1 Å². The Hall–Kier alpha value is -3.42. The summed E-state index contributed by atoms with van der Waals surface area (Å²) in [7, 11) is 1.64. The minimum Gasteiger partial charge on any atom is -0.324 e. The van der Waals surface area contributed by atoms with Crippen molar-refractivity contribution in [1.29, 1.82) is 0 Å². The average molecular weight is 409 g/mol. The van der Waals surface area contributed by atoms with Gasteiger partial charge < -0.3 is 10.2 Å². The van der Waals surface area contributed by atoms with Gasteiger partial charge in [-0.2, -0.15) is 5.10 Å². The lowest BCUT2D eigenvalue weighted by Crippen LogP contribution is -2.42. The van der Waals surface area contributed by atoms with E-state index in [0.717, 1.165) is 18.4 Å². The standard InChI is InChI=1S/C22H24FN5O2/c1-26-22(30)28(14-16-8-3-2-4-9-16)20(25-26)17-10-7-13-27(15-17)21(29)24-19-12-6-5-11-18(19)23/h2-6,8-9,11-12,17H,7,10,13-15H2,1H3,(H,24,29). The molecule has 0 spiro atoms. The third kappa shape index (κ3) is 4.12. The lowest BCUT2D eigenvalue weighted by molar-refractivity contribution is 0.190. The summed E-state index contributed by atoms with van der Waals surface area (Å²) in [5.41, 5.74) is 0.990. The number of para-hydroxylation sites is 1. The summed E-state index contributed by atoms with van der Waals surface area (Å²) in [5.74, 6) is 0.137. The summed E-state index contributed by atoms with van der Waals surface area (Å²) >= 11 is 0. The van der Waals surface area contributed by atoms with Crippen molar-refractivity contribution in [2.24, 2.45) is 7.05 Å². The van der Waals surface area contributed by atoms with Gasteiger partial charge in [-0.15, -0.1) is 0 Å². The van der Waals surface area contributed by atoms with Crippen LogP contribution in [0.3, 0.4) is 0 Å². The first-order valence-corrected chi connectivity index (χ1v) is 10.0. The lowest BCUT2D eigenvalue weighted by atomic mass is 9.97. The van der Waals surface area contributed by atoms with Gasteiger partial charge in [0.1, 0.15) is 11.6 Å². The van der Waals surface area contributed by atoms with Gasteiger partial charge >= 0.3 is 11.7 Å². The second-order valence-electron chi connectivity index (χ2n) is 7.53. The Morgan fingerprint density at radius 3 is 2.67 bits per heavy atom. The molecule has 8 heteroatoms. The van der Waals surface area contributed by atoms with Gasteiger partial charge in [0.05, 0.1) is 12.2 Å². The molecule has 1 aliphatic heterocycles. The molecule has 0 radical (unpaired) electrons. The van der Waals surface area contributed by atoms with E-state index in [1.807, 2.05) is 30.3 Å². The molecular formula is C22H24FN5O2. The van der Waals surface area contributed by atoms with Crippen LogP contribution < -0.4 is 11.0 Å². The number of carbonyl (C=O) groups excluding carboxylic acids is 1. The Kier molecular flexibility index (Phi) is 5.65. The van der Waals surface area contributed by atoms with Crippen LogP contribution in [0.4, 0.5) is 14.9 Å². The number of carbonyl (C=O) groups is 1. The molecule has 156 valence electrons. The fraction of sp³-hybridized carbons (Fsp3) is 0.318. The van der Waals surface area contributed by atoms with Crippen LogP contribution in [0.25, 0.3) is 0 Å². The van der Waals surface area contributed by atoms with E-state index in [4.69, 9.17) is 0 Å². The van der Waals surface area contributed by atoms with E-state index >= 15 is 0 Å². The average Bonchev–Trinajstić information content (AvgIpc) is 3.04. The Labute approximate surface area is 173 Å². The molecule has 1 fully saturated rings. The topological polar surface area (TPSA) is 72.2 Å². The molecule has 0 bridgehead atoms. The zero-order chi connectivity index (χ0) is 21.1. The Morgan fingerprint density at radius 2 is 1.90 bits per heavy atom. The zero-order valence-electron chi connectivity index (χ0n) is 16.8. The van der Waals surface area contributed by atoms with E-state index in [-0.39, 0.29) is 23.3 Å². The number of urea groups is 1. The number of amides is 2. The first kappa shape index (κ1) is 19.9. The maximum absolute atomic E-state index is 13.9. The maximum Gasteiger partial charge on any atom is 0.345 e. The second kappa shape index (κ2) is 8.52. The fourth-order valence-electron chi connectivity index (χ4n) is 3.87. The summed E-state index contributed by atoms with van der Waals surface area (Å²) in [6, 6.07) is 15.5. The van der Waals surface area contributed by atoms with Crippen molar-refractivity contribution in [3.8, 4) is 0 Å². The van der Waals surface area contributed by atoms with Crippen molar-refractivity contribution >= 4 is 11.7 Å². The van der Waals surface area contributed by atoms with Gasteiger partial charge in [0.15, 0.2) is 0 Å². The highest BCUT2D eigenvalue weighted by molar-refractivity contribution is 5.89. The highest BCUT2D eigenvalue weighted by Crippen LogP contribution is 2.26. The van der Waals surface area contributed by atoms with Crippen molar-refractivity contribution in [1.82, 2.24) is 19.2 Å². The van der Waals surface area contributed by atoms with Crippen LogP contribution in [0.2, 0.25) is 0 Å². The third-order valence-corrected chi connectivity index (χ3v) is 5.41.